The Bertz CT molecular complexity index is 1110. The van der Waals surface area contributed by atoms with E-state index in [4.69, 9.17) is 10.4 Å². The number of nitrogens with one attached hydrogen (secondary N) is 1. The molecule has 0 aliphatic rings. The minimum atomic E-state index is 0.766. The molecule has 0 spiro atoms. The average Bonchev–Trinajstić information content (AvgIpc) is 3.19. The van der Waals surface area contributed by atoms with Gasteiger partial charge in [-0.3, -0.25) is 4.98 Å². The molecule has 0 amide bonds. The zero-order valence-electron chi connectivity index (χ0n) is 17.7. The summed E-state index contributed by atoms with van der Waals surface area (Å²) in [5.41, 5.74) is 6.34. The lowest BCUT2D eigenvalue weighted by atomic mass is 10.0. The Balaban J connectivity index is 0.000000216. The van der Waals surface area contributed by atoms with Crippen LogP contribution in [0.4, 0.5) is 0 Å². The zero-order chi connectivity index (χ0) is 21.3. The molecule has 152 valence electrons. The summed E-state index contributed by atoms with van der Waals surface area (Å²) in [5.74, 6) is 0.766. The highest BCUT2D eigenvalue weighted by Gasteiger charge is 2.09. The Morgan fingerprint density at radius 3 is 2.40 bits per heavy atom. The molecule has 0 bridgehead atoms. The van der Waals surface area contributed by atoms with Crippen LogP contribution in [0, 0.1) is 11.3 Å². The van der Waals surface area contributed by atoms with E-state index in [2.05, 4.69) is 60.6 Å². The molecule has 3 aromatic heterocycles. The fourth-order valence-corrected chi connectivity index (χ4v) is 4.11. The highest BCUT2D eigenvalue weighted by Crippen LogP contribution is 2.33. The van der Waals surface area contributed by atoms with Crippen LogP contribution in [0.2, 0.25) is 0 Å². The van der Waals surface area contributed by atoms with Gasteiger partial charge in [0.25, 0.3) is 0 Å². The number of fused-ring (bicyclic) bond motifs is 1. The number of allylic oxidation sites excluding steroid dienone is 2. The van der Waals surface area contributed by atoms with Crippen molar-refractivity contribution in [2.45, 2.75) is 27.2 Å². The van der Waals surface area contributed by atoms with Gasteiger partial charge in [-0.25, -0.2) is 4.98 Å². The molecular weight excluding hydrogens is 386 g/mol. The van der Waals surface area contributed by atoms with E-state index >= 15 is 0 Å². The first-order valence-corrected chi connectivity index (χ1v) is 11.0. The minimum Gasteiger partial charge on any atom is -0.308 e. The van der Waals surface area contributed by atoms with Crippen LogP contribution in [0.3, 0.4) is 0 Å². The van der Waals surface area contributed by atoms with Gasteiger partial charge in [0, 0.05) is 35.1 Å². The third kappa shape index (κ3) is 5.49. The summed E-state index contributed by atoms with van der Waals surface area (Å²) in [5, 5.41) is 9.57. The number of nitrogens with zero attached hydrogens (tertiary/aromatic N) is 2. The number of hydrogen-bond acceptors (Lipinski definition) is 4. The van der Waals surface area contributed by atoms with Gasteiger partial charge in [0.2, 0.25) is 0 Å². The van der Waals surface area contributed by atoms with Gasteiger partial charge in [-0.2, -0.15) is 0 Å². The largest absolute Gasteiger partial charge is 0.308 e. The van der Waals surface area contributed by atoms with Crippen LogP contribution >= 0.6 is 11.3 Å². The van der Waals surface area contributed by atoms with E-state index in [0.29, 0.717) is 0 Å². The van der Waals surface area contributed by atoms with Crippen LogP contribution in [-0.2, 0) is 6.42 Å². The molecular formula is C26H27N3S. The Kier molecular flexibility index (Phi) is 7.63. The van der Waals surface area contributed by atoms with Crippen molar-refractivity contribution in [1.82, 2.24) is 9.97 Å². The molecule has 3 heterocycles. The van der Waals surface area contributed by atoms with Gasteiger partial charge >= 0.3 is 0 Å². The number of aromatic nitrogens is 2. The molecule has 1 aromatic carbocycles. The molecule has 0 aliphatic carbocycles. The Hall–Kier alpha value is -3.11. The van der Waals surface area contributed by atoms with Gasteiger partial charge in [0.05, 0.1) is 15.9 Å². The Morgan fingerprint density at radius 2 is 1.77 bits per heavy atom. The molecule has 4 aromatic rings. The minimum absolute atomic E-state index is 0.766. The van der Waals surface area contributed by atoms with E-state index in [1.807, 2.05) is 31.2 Å². The Labute approximate surface area is 182 Å². The maximum Gasteiger partial charge on any atom is 0.0895 e. The number of benzene rings is 1. The quantitative estimate of drug-likeness (QED) is 0.349. The second-order valence-electron chi connectivity index (χ2n) is 7.40. The topological polar surface area (TPSA) is 49.6 Å². The summed E-state index contributed by atoms with van der Waals surface area (Å²) in [6.07, 6.45) is 8.02. The molecule has 0 unspecified atom stereocenters. The number of rotatable bonds is 5. The maximum atomic E-state index is 7.45. The van der Waals surface area contributed by atoms with Crippen molar-refractivity contribution in [2.24, 2.45) is 5.92 Å². The van der Waals surface area contributed by atoms with E-state index in [1.54, 1.807) is 23.7 Å². The van der Waals surface area contributed by atoms with Crippen LogP contribution in [0.1, 0.15) is 32.0 Å². The van der Waals surface area contributed by atoms with Crippen molar-refractivity contribution < 1.29 is 0 Å². The second-order valence-corrected chi connectivity index (χ2v) is 8.31. The lowest BCUT2D eigenvalue weighted by Crippen LogP contribution is -1.92. The van der Waals surface area contributed by atoms with Crippen molar-refractivity contribution in [3.05, 3.63) is 89.7 Å². The van der Waals surface area contributed by atoms with E-state index < -0.39 is 0 Å². The van der Waals surface area contributed by atoms with Gasteiger partial charge in [0.15, 0.2) is 0 Å². The van der Waals surface area contributed by atoms with Crippen molar-refractivity contribution in [1.29, 1.82) is 5.41 Å². The molecule has 30 heavy (non-hydrogen) atoms. The van der Waals surface area contributed by atoms with Crippen molar-refractivity contribution in [2.75, 3.05) is 0 Å². The fraction of sp³-hybridized carbons (Fsp3) is 0.192. The summed E-state index contributed by atoms with van der Waals surface area (Å²) < 4.78 is 1.15. The third-order valence-electron chi connectivity index (χ3n) is 4.66. The van der Waals surface area contributed by atoms with E-state index in [0.717, 1.165) is 38.5 Å². The molecule has 0 fully saturated rings. The van der Waals surface area contributed by atoms with Crippen molar-refractivity contribution in [3.63, 3.8) is 0 Å². The number of pyridine rings is 2. The molecule has 0 atom stereocenters. The van der Waals surface area contributed by atoms with Gasteiger partial charge in [-0.1, -0.05) is 50.3 Å². The molecule has 3 nitrogen and oxygen atoms in total. The smallest absolute Gasteiger partial charge is 0.0895 e. The lowest BCUT2D eigenvalue weighted by Gasteiger charge is -2.02. The molecule has 0 saturated heterocycles. The fourth-order valence-electron chi connectivity index (χ4n) is 3.20. The SMILES string of the molecule is C/C=C(\C=N)c1ccc2scc(-c3ccncc3)c2n1.CC(C)Cc1ccccc1. The molecule has 1 N–H and O–H groups in total. The van der Waals surface area contributed by atoms with E-state index in [1.165, 1.54) is 18.2 Å². The van der Waals surface area contributed by atoms with E-state index in [9.17, 15) is 0 Å². The van der Waals surface area contributed by atoms with Gasteiger partial charge in [0.1, 0.15) is 0 Å². The summed E-state index contributed by atoms with van der Waals surface area (Å²) in [4.78, 5) is 8.78. The highest BCUT2D eigenvalue weighted by molar-refractivity contribution is 7.17. The van der Waals surface area contributed by atoms with Crippen LogP contribution in [-0.4, -0.2) is 16.2 Å². The lowest BCUT2D eigenvalue weighted by molar-refractivity contribution is 0.647. The average molecular weight is 414 g/mol. The standard InChI is InChI=1S/C16H13N3S.C10H14/c1-2-11(9-17)14-3-4-15-16(19-14)13(10-20-15)12-5-7-18-8-6-12;1-9(2)8-10-6-4-3-5-7-10/h2-10,17H,1H3;3-7,9H,8H2,1-2H3/b11-2+,17-9?;. The highest BCUT2D eigenvalue weighted by atomic mass is 32.1. The predicted octanol–water partition coefficient (Wildman–Crippen LogP) is 7.30. The molecule has 0 aliphatic heterocycles. The van der Waals surface area contributed by atoms with Gasteiger partial charge in [-0.15, -0.1) is 11.3 Å². The first-order valence-electron chi connectivity index (χ1n) is 10.1. The summed E-state index contributed by atoms with van der Waals surface area (Å²) in [6.45, 7) is 6.41. The Morgan fingerprint density at radius 1 is 1.03 bits per heavy atom. The van der Waals surface area contributed by atoms with Gasteiger partial charge in [-0.05, 0) is 54.7 Å². The maximum absolute atomic E-state index is 7.45. The van der Waals surface area contributed by atoms with Crippen LogP contribution in [0.5, 0.6) is 0 Å². The molecule has 0 saturated carbocycles. The first-order chi connectivity index (χ1) is 14.6. The zero-order valence-corrected chi connectivity index (χ0v) is 18.5. The predicted molar refractivity (Wildman–Crippen MR) is 130 cm³/mol. The summed E-state index contributed by atoms with van der Waals surface area (Å²) >= 11 is 1.68. The van der Waals surface area contributed by atoms with E-state index in [-0.39, 0.29) is 0 Å². The van der Waals surface area contributed by atoms with Crippen LogP contribution < -0.4 is 0 Å². The van der Waals surface area contributed by atoms with Gasteiger partial charge < -0.3 is 5.41 Å². The normalized spacial score (nSPS) is 11.3. The second kappa shape index (κ2) is 10.6. The van der Waals surface area contributed by atoms with Crippen LogP contribution in [0.25, 0.3) is 26.9 Å². The van der Waals surface area contributed by atoms with Crippen molar-refractivity contribution in [3.8, 4) is 11.1 Å². The molecule has 4 heteroatoms. The van der Waals surface area contributed by atoms with Crippen LogP contribution in [0.15, 0.2) is 78.4 Å². The summed E-state index contributed by atoms with van der Waals surface area (Å²) in [7, 11) is 0. The number of thiophene rings is 1. The first kappa shape index (κ1) is 21.6. The third-order valence-corrected chi connectivity index (χ3v) is 5.59. The molecule has 4 rings (SSSR count). The summed E-state index contributed by atoms with van der Waals surface area (Å²) in [6, 6.07) is 18.6. The molecule has 0 radical (unpaired) electrons. The monoisotopic (exact) mass is 413 g/mol. The number of hydrogen-bond donors (Lipinski definition) is 1. The van der Waals surface area contributed by atoms with Crippen molar-refractivity contribution >= 4 is 33.3 Å².